The number of hydrogen-bond donors (Lipinski definition) is 1. The number of carbonyl (C=O) groups excluding carboxylic acids is 2. The van der Waals surface area contributed by atoms with E-state index < -0.39 is 0 Å². The Bertz CT molecular complexity index is 496. The minimum absolute atomic E-state index is 0.0499. The second-order valence-corrected chi connectivity index (χ2v) is 5.74. The van der Waals surface area contributed by atoms with Gasteiger partial charge in [0.05, 0.1) is 0 Å². The number of amides is 2. The molecule has 1 aromatic carbocycles. The average Bonchev–Trinajstić information content (AvgIpc) is 2.49. The van der Waals surface area contributed by atoms with Crippen molar-refractivity contribution in [2.45, 2.75) is 52.0 Å². The molecule has 114 valence electrons. The van der Waals surface area contributed by atoms with Crippen molar-refractivity contribution in [2.24, 2.45) is 0 Å². The molecule has 1 fully saturated rings. The van der Waals surface area contributed by atoms with Crippen LogP contribution in [0.2, 0.25) is 0 Å². The van der Waals surface area contributed by atoms with Gasteiger partial charge in [0.25, 0.3) is 0 Å². The highest BCUT2D eigenvalue weighted by Gasteiger charge is 2.26. The van der Waals surface area contributed by atoms with Gasteiger partial charge in [-0.15, -0.1) is 0 Å². The molecule has 1 aliphatic heterocycles. The number of nitrogens with zero attached hydrogens (tertiary/aromatic N) is 1. The fraction of sp³-hybridized carbons (Fsp3) is 0.529. The van der Waals surface area contributed by atoms with Gasteiger partial charge in [-0.1, -0.05) is 24.6 Å². The second kappa shape index (κ2) is 7.25. The summed E-state index contributed by atoms with van der Waals surface area (Å²) in [6.07, 6.45) is 4.18. The van der Waals surface area contributed by atoms with Crippen molar-refractivity contribution in [3.8, 4) is 0 Å². The summed E-state index contributed by atoms with van der Waals surface area (Å²) in [5.41, 5.74) is 1.88. The Morgan fingerprint density at radius 2 is 1.95 bits per heavy atom. The number of carbonyl (C=O) groups is 2. The zero-order valence-electron chi connectivity index (χ0n) is 12.9. The van der Waals surface area contributed by atoms with Gasteiger partial charge in [-0.05, 0) is 44.7 Å². The van der Waals surface area contributed by atoms with Crippen LogP contribution in [0.1, 0.15) is 44.6 Å². The minimum Gasteiger partial charge on any atom is -0.339 e. The van der Waals surface area contributed by atoms with E-state index in [9.17, 15) is 9.59 Å². The highest BCUT2D eigenvalue weighted by molar-refractivity contribution is 6.03. The summed E-state index contributed by atoms with van der Waals surface area (Å²) in [6, 6.07) is 7.89. The van der Waals surface area contributed by atoms with Crippen LogP contribution in [-0.2, 0) is 9.59 Å². The van der Waals surface area contributed by atoms with Crippen LogP contribution in [0.25, 0.3) is 0 Å². The van der Waals surface area contributed by atoms with Crippen LogP contribution >= 0.6 is 0 Å². The third kappa shape index (κ3) is 4.31. The molecule has 4 heteroatoms. The van der Waals surface area contributed by atoms with E-state index in [-0.39, 0.29) is 18.2 Å². The number of likely N-dealkylation sites (tertiary alicyclic amines) is 1. The smallest absolute Gasteiger partial charge is 0.233 e. The quantitative estimate of drug-likeness (QED) is 0.865. The first-order chi connectivity index (χ1) is 10.1. The monoisotopic (exact) mass is 288 g/mol. The zero-order valence-corrected chi connectivity index (χ0v) is 12.9. The largest absolute Gasteiger partial charge is 0.339 e. The van der Waals surface area contributed by atoms with Gasteiger partial charge >= 0.3 is 0 Å². The van der Waals surface area contributed by atoms with Crippen LogP contribution < -0.4 is 5.32 Å². The summed E-state index contributed by atoms with van der Waals surface area (Å²) in [5.74, 6) is -0.282. The molecule has 1 N–H and O–H groups in total. The summed E-state index contributed by atoms with van der Waals surface area (Å²) in [7, 11) is 0. The molecular weight excluding hydrogens is 264 g/mol. The summed E-state index contributed by atoms with van der Waals surface area (Å²) in [4.78, 5) is 26.2. The Kier molecular flexibility index (Phi) is 5.37. The summed E-state index contributed by atoms with van der Waals surface area (Å²) >= 11 is 0. The fourth-order valence-corrected chi connectivity index (χ4v) is 2.83. The number of piperidine rings is 1. The lowest BCUT2D eigenvalue weighted by atomic mass is 9.99. The number of aryl methyl sites for hydroxylation is 1. The van der Waals surface area contributed by atoms with Crippen LogP contribution in [0.3, 0.4) is 0 Å². The third-order valence-electron chi connectivity index (χ3n) is 4.07. The summed E-state index contributed by atoms with van der Waals surface area (Å²) < 4.78 is 0. The SMILES string of the molecule is CCC1CCCCN1C(=O)CC(=O)Nc1ccc(C)cc1. The Morgan fingerprint density at radius 3 is 2.62 bits per heavy atom. The normalized spacial score (nSPS) is 18.4. The van der Waals surface area contributed by atoms with Gasteiger partial charge in [-0.3, -0.25) is 9.59 Å². The van der Waals surface area contributed by atoms with Crippen LogP contribution in [0.4, 0.5) is 5.69 Å². The molecule has 2 rings (SSSR count). The van der Waals surface area contributed by atoms with E-state index in [1.807, 2.05) is 36.1 Å². The zero-order chi connectivity index (χ0) is 15.2. The molecule has 0 saturated carbocycles. The lowest BCUT2D eigenvalue weighted by molar-refractivity contribution is -0.137. The maximum Gasteiger partial charge on any atom is 0.233 e. The number of benzene rings is 1. The van der Waals surface area contributed by atoms with E-state index in [1.165, 1.54) is 6.42 Å². The molecule has 1 atom stereocenters. The standard InChI is InChI=1S/C17H24N2O2/c1-3-15-6-4-5-11-19(15)17(21)12-16(20)18-14-9-7-13(2)8-10-14/h7-10,15H,3-6,11-12H2,1-2H3,(H,18,20). The molecule has 0 bridgehead atoms. The third-order valence-corrected chi connectivity index (χ3v) is 4.07. The highest BCUT2D eigenvalue weighted by Crippen LogP contribution is 2.20. The number of hydrogen-bond acceptors (Lipinski definition) is 2. The van der Waals surface area contributed by atoms with Crippen molar-refractivity contribution < 1.29 is 9.59 Å². The van der Waals surface area contributed by atoms with Gasteiger partial charge in [0.2, 0.25) is 11.8 Å². The lowest BCUT2D eigenvalue weighted by Gasteiger charge is -2.35. The molecule has 4 nitrogen and oxygen atoms in total. The molecule has 1 aliphatic rings. The van der Waals surface area contributed by atoms with Gasteiger partial charge in [0, 0.05) is 18.3 Å². The van der Waals surface area contributed by atoms with Crippen LogP contribution in [0.15, 0.2) is 24.3 Å². The molecule has 2 amide bonds. The van der Waals surface area contributed by atoms with Gasteiger partial charge < -0.3 is 10.2 Å². The molecule has 0 radical (unpaired) electrons. The number of anilines is 1. The number of nitrogens with one attached hydrogen (secondary N) is 1. The molecule has 1 unspecified atom stereocenters. The molecule has 0 spiro atoms. The second-order valence-electron chi connectivity index (χ2n) is 5.74. The van der Waals surface area contributed by atoms with Crippen molar-refractivity contribution in [1.29, 1.82) is 0 Å². The maximum absolute atomic E-state index is 12.3. The Morgan fingerprint density at radius 1 is 1.24 bits per heavy atom. The first kappa shape index (κ1) is 15.5. The van der Waals surface area contributed by atoms with E-state index in [4.69, 9.17) is 0 Å². The van der Waals surface area contributed by atoms with Crippen molar-refractivity contribution in [1.82, 2.24) is 4.90 Å². The van der Waals surface area contributed by atoms with Crippen molar-refractivity contribution in [2.75, 3.05) is 11.9 Å². The fourth-order valence-electron chi connectivity index (χ4n) is 2.83. The first-order valence-corrected chi connectivity index (χ1v) is 7.76. The van der Waals surface area contributed by atoms with Gasteiger partial charge in [0.1, 0.15) is 6.42 Å². The molecular formula is C17H24N2O2. The summed E-state index contributed by atoms with van der Waals surface area (Å²) in [6.45, 7) is 4.88. The molecule has 1 heterocycles. The summed E-state index contributed by atoms with van der Waals surface area (Å²) in [5, 5.41) is 2.79. The van der Waals surface area contributed by atoms with Crippen molar-refractivity contribution >= 4 is 17.5 Å². The highest BCUT2D eigenvalue weighted by atomic mass is 16.2. The Balaban J connectivity index is 1.89. The van der Waals surface area contributed by atoms with Crippen LogP contribution in [-0.4, -0.2) is 29.3 Å². The molecule has 21 heavy (non-hydrogen) atoms. The maximum atomic E-state index is 12.3. The first-order valence-electron chi connectivity index (χ1n) is 7.76. The topological polar surface area (TPSA) is 49.4 Å². The Labute approximate surface area is 126 Å². The van der Waals surface area contributed by atoms with E-state index in [0.717, 1.165) is 37.1 Å². The van der Waals surface area contributed by atoms with E-state index in [0.29, 0.717) is 6.04 Å². The Hall–Kier alpha value is -1.84. The van der Waals surface area contributed by atoms with Gasteiger partial charge in [-0.2, -0.15) is 0 Å². The number of rotatable bonds is 4. The average molecular weight is 288 g/mol. The van der Waals surface area contributed by atoms with Crippen molar-refractivity contribution in [3.63, 3.8) is 0 Å². The van der Waals surface area contributed by atoms with E-state index in [1.54, 1.807) is 0 Å². The molecule has 0 aliphatic carbocycles. The minimum atomic E-state index is -0.232. The van der Waals surface area contributed by atoms with E-state index in [2.05, 4.69) is 12.2 Å². The van der Waals surface area contributed by atoms with Gasteiger partial charge in [0.15, 0.2) is 0 Å². The van der Waals surface area contributed by atoms with Crippen LogP contribution in [0.5, 0.6) is 0 Å². The van der Waals surface area contributed by atoms with Crippen molar-refractivity contribution in [3.05, 3.63) is 29.8 Å². The van der Waals surface area contributed by atoms with Crippen LogP contribution in [0, 0.1) is 6.92 Å². The van der Waals surface area contributed by atoms with E-state index >= 15 is 0 Å². The lowest BCUT2D eigenvalue weighted by Crippen LogP contribution is -2.44. The molecule has 1 saturated heterocycles. The molecule has 1 aromatic rings. The van der Waals surface area contributed by atoms with Gasteiger partial charge in [-0.25, -0.2) is 0 Å². The predicted molar refractivity (Wildman–Crippen MR) is 84.1 cm³/mol. The predicted octanol–water partition coefficient (Wildman–Crippen LogP) is 3.11. The molecule has 0 aromatic heterocycles.